The van der Waals surface area contributed by atoms with E-state index in [0.717, 1.165) is 25.7 Å². The van der Waals surface area contributed by atoms with Gasteiger partial charge in [-0.25, -0.2) is 8.42 Å². The largest absolute Gasteiger partial charge is 0.497 e. The van der Waals surface area contributed by atoms with Crippen molar-refractivity contribution < 1.29 is 22.7 Å². The van der Waals surface area contributed by atoms with Crippen LogP contribution < -0.4 is 19.5 Å². The number of hydrogen-bond acceptors (Lipinski definition) is 5. The van der Waals surface area contributed by atoms with Gasteiger partial charge in [-0.1, -0.05) is 18.2 Å². The van der Waals surface area contributed by atoms with Gasteiger partial charge in [0, 0.05) is 11.3 Å². The molecule has 0 saturated heterocycles. The van der Waals surface area contributed by atoms with Gasteiger partial charge in [0.2, 0.25) is 0 Å². The Bertz CT molecular complexity index is 1270. The fourth-order valence-electron chi connectivity index (χ4n) is 3.93. The molecule has 1 aliphatic rings. The van der Waals surface area contributed by atoms with Crippen LogP contribution in [0.25, 0.3) is 0 Å². The highest BCUT2D eigenvalue weighted by Crippen LogP contribution is 2.30. The van der Waals surface area contributed by atoms with Crippen LogP contribution in [0.1, 0.15) is 41.6 Å². The summed E-state index contributed by atoms with van der Waals surface area (Å²) >= 11 is 0. The number of aryl methyl sites for hydroxylation is 1. The summed E-state index contributed by atoms with van der Waals surface area (Å²) in [7, 11) is -2.36. The van der Waals surface area contributed by atoms with Crippen molar-refractivity contribution in [3.8, 4) is 11.5 Å². The lowest BCUT2D eigenvalue weighted by Gasteiger charge is -2.17. The van der Waals surface area contributed by atoms with Gasteiger partial charge in [0.25, 0.3) is 15.9 Å². The van der Waals surface area contributed by atoms with E-state index in [1.165, 1.54) is 19.2 Å². The van der Waals surface area contributed by atoms with Crippen LogP contribution in [0.3, 0.4) is 0 Å². The monoisotopic (exact) mass is 480 g/mol. The van der Waals surface area contributed by atoms with Crippen LogP contribution >= 0.6 is 0 Å². The molecular weight excluding hydrogens is 452 g/mol. The van der Waals surface area contributed by atoms with Crippen LogP contribution in [0.15, 0.2) is 71.6 Å². The summed E-state index contributed by atoms with van der Waals surface area (Å²) in [5.41, 5.74) is 1.89. The highest BCUT2D eigenvalue weighted by atomic mass is 32.2. The maximum Gasteiger partial charge on any atom is 0.261 e. The third-order valence-corrected chi connectivity index (χ3v) is 7.22. The van der Waals surface area contributed by atoms with E-state index in [4.69, 9.17) is 9.47 Å². The predicted molar refractivity (Wildman–Crippen MR) is 132 cm³/mol. The zero-order chi connectivity index (χ0) is 24.1. The molecule has 2 N–H and O–H groups in total. The zero-order valence-electron chi connectivity index (χ0n) is 19.2. The van der Waals surface area contributed by atoms with E-state index in [1.807, 2.05) is 18.2 Å². The Morgan fingerprint density at radius 1 is 0.971 bits per heavy atom. The van der Waals surface area contributed by atoms with Gasteiger partial charge in [0.05, 0.1) is 23.8 Å². The SMILES string of the molecule is COc1ccc(NS(=O)(=O)c2ccc(C)c(C(=O)Nc3ccccc3OC3CCCC3)c2)cc1. The quantitative estimate of drug-likeness (QED) is 0.452. The number of nitrogens with one attached hydrogen (secondary N) is 2. The molecule has 1 saturated carbocycles. The molecule has 0 heterocycles. The van der Waals surface area contributed by atoms with Crippen molar-refractivity contribution in [3.63, 3.8) is 0 Å². The standard InChI is InChI=1S/C26H28N2O5S/c1-18-11-16-22(34(30,31)28-19-12-14-20(32-2)15-13-19)17-23(18)26(29)27-24-9-5-6-10-25(24)33-21-7-3-4-8-21/h5-6,9-17,21,28H,3-4,7-8H2,1-2H3,(H,27,29). The molecule has 3 aromatic carbocycles. The van der Waals surface area contributed by atoms with E-state index in [9.17, 15) is 13.2 Å². The summed E-state index contributed by atoms with van der Waals surface area (Å²) in [6.45, 7) is 1.77. The van der Waals surface area contributed by atoms with E-state index in [-0.39, 0.29) is 16.6 Å². The van der Waals surface area contributed by atoms with Crippen LogP contribution in [0.5, 0.6) is 11.5 Å². The first-order valence-electron chi connectivity index (χ1n) is 11.2. The molecule has 1 aliphatic carbocycles. The third-order valence-electron chi connectivity index (χ3n) is 5.84. The molecule has 8 heteroatoms. The number of hydrogen-bond donors (Lipinski definition) is 2. The van der Waals surface area contributed by atoms with Gasteiger partial charge in [-0.2, -0.15) is 0 Å². The predicted octanol–water partition coefficient (Wildman–Crippen LogP) is 5.38. The molecule has 7 nitrogen and oxygen atoms in total. The van der Waals surface area contributed by atoms with Gasteiger partial charge in [0.1, 0.15) is 11.5 Å². The fraction of sp³-hybridized carbons (Fsp3) is 0.269. The number of rotatable bonds is 8. The van der Waals surface area contributed by atoms with Crippen LogP contribution in [0.4, 0.5) is 11.4 Å². The van der Waals surface area contributed by atoms with Crippen molar-refractivity contribution >= 4 is 27.3 Å². The van der Waals surface area contributed by atoms with Gasteiger partial charge in [0.15, 0.2) is 0 Å². The molecule has 0 aromatic heterocycles. The summed E-state index contributed by atoms with van der Waals surface area (Å²) in [6.07, 6.45) is 4.44. The molecule has 0 radical (unpaired) electrons. The van der Waals surface area contributed by atoms with Crippen molar-refractivity contribution in [2.45, 2.75) is 43.6 Å². The second-order valence-electron chi connectivity index (χ2n) is 8.29. The highest BCUT2D eigenvalue weighted by molar-refractivity contribution is 7.92. The molecule has 0 atom stereocenters. The number of para-hydroxylation sites is 2. The summed E-state index contributed by atoms with van der Waals surface area (Å²) in [5.74, 6) is 0.834. The van der Waals surface area contributed by atoms with E-state index < -0.39 is 15.9 Å². The summed E-state index contributed by atoms with van der Waals surface area (Å²) < 4.78 is 39.7. The maximum atomic E-state index is 13.1. The van der Waals surface area contributed by atoms with Crippen LogP contribution in [-0.2, 0) is 10.0 Å². The van der Waals surface area contributed by atoms with E-state index in [1.54, 1.807) is 43.3 Å². The van der Waals surface area contributed by atoms with E-state index >= 15 is 0 Å². The van der Waals surface area contributed by atoms with Crippen LogP contribution in [-0.4, -0.2) is 27.5 Å². The van der Waals surface area contributed by atoms with E-state index in [2.05, 4.69) is 10.0 Å². The summed E-state index contributed by atoms with van der Waals surface area (Å²) in [4.78, 5) is 13.1. The van der Waals surface area contributed by atoms with Crippen molar-refractivity contribution in [3.05, 3.63) is 77.9 Å². The second kappa shape index (κ2) is 10.2. The van der Waals surface area contributed by atoms with Crippen LogP contribution in [0.2, 0.25) is 0 Å². The minimum Gasteiger partial charge on any atom is -0.497 e. The summed E-state index contributed by atoms with van der Waals surface area (Å²) in [5, 5.41) is 2.89. The highest BCUT2D eigenvalue weighted by Gasteiger charge is 2.21. The zero-order valence-corrected chi connectivity index (χ0v) is 20.0. The molecule has 1 amide bonds. The Kier molecular flexibility index (Phi) is 7.07. The van der Waals surface area contributed by atoms with Gasteiger partial charge >= 0.3 is 0 Å². The summed E-state index contributed by atoms with van der Waals surface area (Å²) in [6, 6.07) is 18.3. The Balaban J connectivity index is 1.54. The van der Waals surface area contributed by atoms with Crippen LogP contribution in [0, 0.1) is 6.92 Å². The molecule has 34 heavy (non-hydrogen) atoms. The maximum absolute atomic E-state index is 13.1. The smallest absolute Gasteiger partial charge is 0.261 e. The Hall–Kier alpha value is -3.52. The molecule has 1 fully saturated rings. The van der Waals surface area contributed by atoms with Crippen molar-refractivity contribution in [1.29, 1.82) is 0 Å². The first-order valence-corrected chi connectivity index (χ1v) is 12.7. The van der Waals surface area contributed by atoms with Gasteiger partial charge in [-0.15, -0.1) is 0 Å². The number of carbonyl (C=O) groups excluding carboxylic acids is 1. The Labute approximate surface area is 200 Å². The van der Waals surface area contributed by atoms with Gasteiger partial charge in [-0.3, -0.25) is 9.52 Å². The molecular formula is C26H28N2O5S. The lowest BCUT2D eigenvalue weighted by atomic mass is 10.1. The lowest BCUT2D eigenvalue weighted by molar-refractivity contribution is 0.102. The normalized spacial score (nSPS) is 13.9. The minimum absolute atomic E-state index is 0.00504. The topological polar surface area (TPSA) is 93.7 Å². The molecule has 0 bridgehead atoms. The number of methoxy groups -OCH3 is 1. The Morgan fingerprint density at radius 2 is 1.68 bits per heavy atom. The molecule has 0 spiro atoms. The number of ether oxygens (including phenoxy) is 2. The number of anilines is 2. The molecule has 4 rings (SSSR count). The lowest BCUT2D eigenvalue weighted by Crippen LogP contribution is -2.18. The number of carbonyl (C=O) groups is 1. The molecule has 0 unspecified atom stereocenters. The molecule has 178 valence electrons. The molecule has 0 aliphatic heterocycles. The van der Waals surface area contributed by atoms with Gasteiger partial charge < -0.3 is 14.8 Å². The minimum atomic E-state index is -3.90. The van der Waals surface area contributed by atoms with Crippen molar-refractivity contribution in [2.75, 3.05) is 17.1 Å². The number of sulfonamides is 1. The van der Waals surface area contributed by atoms with Crippen molar-refractivity contribution in [2.24, 2.45) is 0 Å². The fourth-order valence-corrected chi connectivity index (χ4v) is 5.02. The second-order valence-corrected chi connectivity index (χ2v) is 9.97. The van der Waals surface area contributed by atoms with E-state index in [0.29, 0.717) is 28.4 Å². The first-order chi connectivity index (χ1) is 16.4. The van der Waals surface area contributed by atoms with Crippen molar-refractivity contribution in [1.82, 2.24) is 0 Å². The first kappa shape index (κ1) is 23.6. The number of benzene rings is 3. The number of amides is 1. The third kappa shape index (κ3) is 5.51. The average molecular weight is 481 g/mol. The Morgan fingerprint density at radius 3 is 2.38 bits per heavy atom. The molecule has 3 aromatic rings. The van der Waals surface area contributed by atoms with Gasteiger partial charge in [-0.05, 0) is 86.7 Å². The average Bonchev–Trinajstić information content (AvgIpc) is 3.34.